The van der Waals surface area contributed by atoms with Gasteiger partial charge >= 0.3 is 0 Å². The normalized spacial score (nSPS) is 16.5. The number of carbonyl (C=O) groups excluding carboxylic acids is 2. The lowest BCUT2D eigenvalue weighted by Crippen LogP contribution is -2.47. The summed E-state index contributed by atoms with van der Waals surface area (Å²) >= 11 is 0. The number of benzene rings is 2. The maximum atomic E-state index is 13.2. The van der Waals surface area contributed by atoms with E-state index in [0.29, 0.717) is 35.6 Å². The maximum absolute atomic E-state index is 13.2. The first kappa shape index (κ1) is 19.7. The molecular formula is C23H25NO4. The molecule has 0 aliphatic carbocycles. The Kier molecular flexibility index (Phi) is 6.14. The number of rotatable bonds is 6. The van der Waals surface area contributed by atoms with Gasteiger partial charge in [-0.15, -0.1) is 0 Å². The lowest BCUT2D eigenvalue weighted by Gasteiger charge is -2.36. The van der Waals surface area contributed by atoms with Crippen LogP contribution in [0.3, 0.4) is 0 Å². The predicted octanol–water partition coefficient (Wildman–Crippen LogP) is 4.23. The van der Waals surface area contributed by atoms with Crippen molar-refractivity contribution in [3.63, 3.8) is 0 Å². The van der Waals surface area contributed by atoms with Crippen LogP contribution in [0.4, 0.5) is 0 Å². The number of hydrogen-bond acceptors (Lipinski definition) is 4. The smallest absolute Gasteiger partial charge is 0.254 e. The number of hydrogen-bond donors (Lipinski definition) is 1. The molecule has 5 heteroatoms. The zero-order chi connectivity index (χ0) is 20.1. The number of aldehydes is 1. The van der Waals surface area contributed by atoms with Crippen LogP contribution in [0.1, 0.15) is 51.1 Å². The van der Waals surface area contributed by atoms with E-state index in [9.17, 15) is 14.7 Å². The number of ether oxygens (including phenoxy) is 1. The molecule has 0 radical (unpaired) electrons. The molecule has 1 atom stereocenters. The van der Waals surface area contributed by atoms with Crippen LogP contribution in [0, 0.1) is 6.92 Å². The second-order valence-corrected chi connectivity index (χ2v) is 7.01. The molecule has 1 aliphatic heterocycles. The molecule has 5 nitrogen and oxygen atoms in total. The number of piperidine rings is 1. The number of amides is 1. The van der Waals surface area contributed by atoms with Crippen LogP contribution in [0.2, 0.25) is 0 Å². The number of aromatic hydroxyl groups is 1. The third-order valence-corrected chi connectivity index (χ3v) is 5.24. The van der Waals surface area contributed by atoms with Crippen molar-refractivity contribution in [2.24, 2.45) is 0 Å². The van der Waals surface area contributed by atoms with Crippen LogP contribution in [0.25, 0.3) is 6.08 Å². The highest BCUT2D eigenvalue weighted by atomic mass is 16.5. The minimum atomic E-state index is -0.140. The Morgan fingerprint density at radius 1 is 1.25 bits per heavy atom. The van der Waals surface area contributed by atoms with E-state index in [4.69, 9.17) is 4.74 Å². The summed E-state index contributed by atoms with van der Waals surface area (Å²) in [4.78, 5) is 26.5. The third-order valence-electron chi connectivity index (χ3n) is 5.24. The van der Waals surface area contributed by atoms with E-state index in [1.54, 1.807) is 36.4 Å². The first-order chi connectivity index (χ1) is 13.6. The van der Waals surface area contributed by atoms with Gasteiger partial charge in [0.1, 0.15) is 18.1 Å². The standard InChI is InChI=1S/C23H25NO4/c1-3-18-21(26)11-7-12-22(18)28-15-17-9-4-5-13-24(17)23(27)19-10-6-8-16(2)20(19)14-25/h3,6-8,10-12,14,17,26H,1,4-5,9,13,15H2,2H3/t17-/m0/s1. The Labute approximate surface area is 165 Å². The van der Waals surface area contributed by atoms with Crippen molar-refractivity contribution in [1.29, 1.82) is 0 Å². The van der Waals surface area contributed by atoms with Crippen LogP contribution in [-0.4, -0.2) is 41.4 Å². The first-order valence-electron chi connectivity index (χ1n) is 9.49. The highest BCUT2D eigenvalue weighted by molar-refractivity contribution is 6.02. The number of carbonyl (C=O) groups is 2. The highest BCUT2D eigenvalue weighted by Crippen LogP contribution is 2.29. The number of nitrogens with zero attached hydrogens (tertiary/aromatic N) is 1. The number of likely N-dealkylation sites (tertiary alicyclic amines) is 1. The van der Waals surface area contributed by atoms with E-state index < -0.39 is 0 Å². The Balaban J connectivity index is 1.81. The molecule has 0 aromatic heterocycles. The molecule has 1 N–H and O–H groups in total. The summed E-state index contributed by atoms with van der Waals surface area (Å²) in [5, 5.41) is 9.95. The molecule has 0 bridgehead atoms. The molecular weight excluding hydrogens is 354 g/mol. The monoisotopic (exact) mass is 379 g/mol. The maximum Gasteiger partial charge on any atom is 0.254 e. The highest BCUT2D eigenvalue weighted by Gasteiger charge is 2.29. The Morgan fingerprint density at radius 3 is 2.79 bits per heavy atom. The molecule has 0 unspecified atom stereocenters. The Hall–Kier alpha value is -3.08. The van der Waals surface area contributed by atoms with Crippen LogP contribution in [0.15, 0.2) is 43.0 Å². The van der Waals surface area contributed by atoms with Crippen LogP contribution < -0.4 is 4.74 Å². The third kappa shape index (κ3) is 3.93. The predicted molar refractivity (Wildman–Crippen MR) is 109 cm³/mol. The average molecular weight is 379 g/mol. The molecule has 146 valence electrons. The molecule has 1 fully saturated rings. The second kappa shape index (κ2) is 8.74. The summed E-state index contributed by atoms with van der Waals surface area (Å²) in [6, 6.07) is 10.3. The summed E-state index contributed by atoms with van der Waals surface area (Å²) in [5.41, 5.74) is 2.21. The van der Waals surface area contributed by atoms with E-state index in [1.807, 2.05) is 17.9 Å². The fourth-order valence-electron chi connectivity index (χ4n) is 3.67. The zero-order valence-electron chi connectivity index (χ0n) is 16.1. The van der Waals surface area contributed by atoms with Gasteiger partial charge in [-0.05, 0) is 49.9 Å². The SMILES string of the molecule is C=Cc1c(O)cccc1OC[C@@H]1CCCCN1C(=O)c1cccc(C)c1C=O. The fourth-order valence-corrected chi connectivity index (χ4v) is 3.67. The van der Waals surface area contributed by atoms with Gasteiger partial charge in [-0.1, -0.05) is 30.9 Å². The van der Waals surface area contributed by atoms with Gasteiger partial charge in [0.25, 0.3) is 5.91 Å². The van der Waals surface area contributed by atoms with E-state index in [2.05, 4.69) is 6.58 Å². The summed E-state index contributed by atoms with van der Waals surface area (Å²) in [6.45, 7) is 6.50. The van der Waals surface area contributed by atoms with Crippen molar-refractivity contribution < 1.29 is 19.4 Å². The topological polar surface area (TPSA) is 66.8 Å². The summed E-state index contributed by atoms with van der Waals surface area (Å²) in [7, 11) is 0. The first-order valence-corrected chi connectivity index (χ1v) is 9.49. The van der Waals surface area contributed by atoms with Gasteiger partial charge in [0, 0.05) is 12.1 Å². The molecule has 2 aromatic carbocycles. The van der Waals surface area contributed by atoms with E-state index >= 15 is 0 Å². The molecule has 0 spiro atoms. The Bertz CT molecular complexity index is 890. The number of phenolic OH excluding ortho intramolecular Hbond substituents is 1. The molecule has 28 heavy (non-hydrogen) atoms. The van der Waals surface area contributed by atoms with Gasteiger partial charge in [-0.2, -0.15) is 0 Å². The van der Waals surface area contributed by atoms with E-state index in [0.717, 1.165) is 31.1 Å². The summed E-state index contributed by atoms with van der Waals surface area (Å²) < 4.78 is 5.95. The Morgan fingerprint density at radius 2 is 2.04 bits per heavy atom. The summed E-state index contributed by atoms with van der Waals surface area (Å²) in [6.07, 6.45) is 5.07. The quantitative estimate of drug-likeness (QED) is 0.763. The van der Waals surface area contributed by atoms with Crippen LogP contribution in [0.5, 0.6) is 11.5 Å². The van der Waals surface area contributed by atoms with Crippen LogP contribution in [-0.2, 0) is 0 Å². The molecule has 1 amide bonds. The molecule has 3 rings (SSSR count). The lowest BCUT2D eigenvalue weighted by molar-refractivity contribution is 0.0526. The van der Waals surface area contributed by atoms with Crippen molar-refractivity contribution in [2.45, 2.75) is 32.2 Å². The van der Waals surface area contributed by atoms with Gasteiger partial charge in [-0.25, -0.2) is 0 Å². The molecule has 1 aliphatic rings. The number of phenols is 1. The molecule has 0 saturated carbocycles. The minimum absolute atomic E-state index is 0.0960. The van der Waals surface area contributed by atoms with Gasteiger partial charge in [-0.3, -0.25) is 9.59 Å². The van der Waals surface area contributed by atoms with E-state index in [-0.39, 0.29) is 17.7 Å². The van der Waals surface area contributed by atoms with Gasteiger partial charge in [0.15, 0.2) is 6.29 Å². The molecule has 2 aromatic rings. The van der Waals surface area contributed by atoms with Crippen molar-refractivity contribution in [3.8, 4) is 11.5 Å². The molecule has 1 saturated heterocycles. The van der Waals surface area contributed by atoms with E-state index in [1.165, 1.54) is 0 Å². The van der Waals surface area contributed by atoms with Crippen molar-refractivity contribution >= 4 is 18.3 Å². The van der Waals surface area contributed by atoms with Gasteiger partial charge < -0.3 is 14.7 Å². The van der Waals surface area contributed by atoms with Gasteiger partial charge in [0.2, 0.25) is 0 Å². The largest absolute Gasteiger partial charge is 0.507 e. The second-order valence-electron chi connectivity index (χ2n) is 7.01. The van der Waals surface area contributed by atoms with Crippen molar-refractivity contribution in [3.05, 3.63) is 65.2 Å². The van der Waals surface area contributed by atoms with Crippen LogP contribution >= 0.6 is 0 Å². The van der Waals surface area contributed by atoms with Gasteiger partial charge in [0.05, 0.1) is 17.2 Å². The fraction of sp³-hybridized carbons (Fsp3) is 0.304. The number of aryl methyl sites for hydroxylation is 1. The van der Waals surface area contributed by atoms with Crippen molar-refractivity contribution in [2.75, 3.05) is 13.2 Å². The van der Waals surface area contributed by atoms with Crippen molar-refractivity contribution in [1.82, 2.24) is 4.90 Å². The lowest BCUT2D eigenvalue weighted by atomic mass is 9.98. The average Bonchev–Trinajstić information content (AvgIpc) is 2.71. The molecule has 1 heterocycles. The minimum Gasteiger partial charge on any atom is -0.507 e. The summed E-state index contributed by atoms with van der Waals surface area (Å²) in [5.74, 6) is 0.510. The zero-order valence-corrected chi connectivity index (χ0v) is 16.1.